The van der Waals surface area contributed by atoms with E-state index in [1.54, 1.807) is 0 Å². The van der Waals surface area contributed by atoms with Crippen molar-refractivity contribution in [2.75, 3.05) is 0 Å². The van der Waals surface area contributed by atoms with Gasteiger partial charge in [-0.2, -0.15) is 0 Å². The summed E-state index contributed by atoms with van der Waals surface area (Å²) in [6.45, 7) is 41.3. The molecule has 0 aromatic carbocycles. The van der Waals surface area contributed by atoms with Crippen LogP contribution in [0.3, 0.4) is 0 Å². The van der Waals surface area contributed by atoms with E-state index >= 15 is 0 Å². The van der Waals surface area contributed by atoms with Crippen LogP contribution in [0, 0.1) is 44.8 Å². The Labute approximate surface area is 175 Å². The van der Waals surface area contributed by atoms with Gasteiger partial charge in [0.1, 0.15) is 0 Å². The van der Waals surface area contributed by atoms with E-state index in [-0.39, 0.29) is 21.7 Å². The molecule has 0 aromatic heterocycles. The van der Waals surface area contributed by atoms with Gasteiger partial charge >= 0.3 is 0 Å². The van der Waals surface area contributed by atoms with Gasteiger partial charge in [0, 0.05) is 0 Å². The summed E-state index contributed by atoms with van der Waals surface area (Å²) in [4.78, 5) is 0. The maximum Gasteiger partial charge on any atom is -0.0241 e. The SMILES string of the molecule is CC.CCC(C)C(C)C(C)C(C)(C)C(C)(C)C(C)(C)C(C)(C)C(C)(C)CC. The van der Waals surface area contributed by atoms with E-state index in [2.05, 4.69) is 104 Å². The first-order valence-corrected chi connectivity index (χ1v) is 11.9. The third-order valence-electron chi connectivity index (χ3n) is 10.8. The van der Waals surface area contributed by atoms with Crippen molar-refractivity contribution in [3.05, 3.63) is 0 Å². The molecule has 3 unspecified atom stereocenters. The van der Waals surface area contributed by atoms with Gasteiger partial charge in [0.2, 0.25) is 0 Å². The second kappa shape index (κ2) is 9.67. The summed E-state index contributed by atoms with van der Waals surface area (Å²) < 4.78 is 0. The Kier molecular flexibility index (Phi) is 10.5. The molecule has 0 aliphatic carbocycles. The molecule has 0 heterocycles. The highest BCUT2D eigenvalue weighted by Crippen LogP contribution is 2.66. The molecule has 0 heteroatoms. The molecule has 0 nitrogen and oxygen atoms in total. The van der Waals surface area contributed by atoms with Crippen molar-refractivity contribution >= 4 is 0 Å². The van der Waals surface area contributed by atoms with E-state index in [1.165, 1.54) is 12.8 Å². The summed E-state index contributed by atoms with van der Waals surface area (Å²) in [5.41, 5.74) is 1.26. The van der Waals surface area contributed by atoms with E-state index < -0.39 is 0 Å². The largest absolute Gasteiger partial charge is 0.0683 e. The van der Waals surface area contributed by atoms with Crippen molar-refractivity contribution in [1.29, 1.82) is 0 Å². The molecule has 0 amide bonds. The van der Waals surface area contributed by atoms with Crippen molar-refractivity contribution in [3.63, 3.8) is 0 Å². The molecule has 166 valence electrons. The maximum atomic E-state index is 2.54. The summed E-state index contributed by atoms with van der Waals surface area (Å²) in [6.07, 6.45) is 2.50. The fourth-order valence-electron chi connectivity index (χ4n) is 4.97. The standard InChI is InChI=1S/C25H52.C2H6/c1-16-18(3)19(4)20(5)22(8,9)24(12,13)25(14,15)23(10,11)21(6,7)17-2;1-2/h18-20H,16-17H2,1-15H3;1-2H3. The highest BCUT2D eigenvalue weighted by Gasteiger charge is 2.59. The van der Waals surface area contributed by atoms with Gasteiger partial charge in [-0.15, -0.1) is 0 Å². The molecule has 0 spiro atoms. The van der Waals surface area contributed by atoms with E-state index in [1.807, 2.05) is 13.8 Å². The zero-order valence-electron chi connectivity index (χ0n) is 22.6. The predicted octanol–water partition coefficient (Wildman–Crippen LogP) is 9.87. The van der Waals surface area contributed by atoms with Crippen molar-refractivity contribution in [3.8, 4) is 0 Å². The Bertz CT molecular complexity index is 419. The van der Waals surface area contributed by atoms with Crippen LogP contribution in [0.5, 0.6) is 0 Å². The molecule has 0 aromatic rings. The minimum absolute atomic E-state index is 0.215. The highest BCUT2D eigenvalue weighted by molar-refractivity contribution is 5.08. The molecule has 0 aliphatic heterocycles. The first-order valence-electron chi connectivity index (χ1n) is 11.9. The maximum absolute atomic E-state index is 2.54. The first-order chi connectivity index (χ1) is 11.9. The van der Waals surface area contributed by atoms with Crippen LogP contribution in [-0.4, -0.2) is 0 Å². The molecule has 0 fully saturated rings. The molecule has 0 saturated heterocycles. The molecule has 0 N–H and O–H groups in total. The Balaban J connectivity index is 0. The van der Waals surface area contributed by atoms with E-state index in [4.69, 9.17) is 0 Å². The lowest BCUT2D eigenvalue weighted by atomic mass is 9.40. The summed E-state index contributed by atoms with van der Waals surface area (Å²) in [6, 6.07) is 0. The van der Waals surface area contributed by atoms with Crippen LogP contribution in [0.1, 0.15) is 131 Å². The number of hydrogen-bond donors (Lipinski definition) is 0. The normalized spacial score (nSPS) is 17.7. The molecule has 0 rings (SSSR count). The summed E-state index contributed by atoms with van der Waals surface area (Å²) in [5.74, 6) is 2.22. The molecule has 0 radical (unpaired) electrons. The van der Waals surface area contributed by atoms with Gasteiger partial charge in [-0.05, 0) is 44.8 Å². The predicted molar refractivity (Wildman–Crippen MR) is 128 cm³/mol. The quantitative estimate of drug-likeness (QED) is 0.372. The van der Waals surface area contributed by atoms with Gasteiger partial charge < -0.3 is 0 Å². The third-order valence-corrected chi connectivity index (χ3v) is 10.8. The lowest BCUT2D eigenvalue weighted by molar-refractivity contribution is -0.162. The average Bonchev–Trinajstić information content (AvgIpc) is 2.60. The van der Waals surface area contributed by atoms with Crippen molar-refractivity contribution in [1.82, 2.24) is 0 Å². The van der Waals surface area contributed by atoms with Crippen LogP contribution in [0.2, 0.25) is 0 Å². The number of rotatable bonds is 9. The lowest BCUT2D eigenvalue weighted by Crippen LogP contribution is -2.58. The smallest absolute Gasteiger partial charge is 0.0241 e. The third kappa shape index (κ3) is 4.95. The monoisotopic (exact) mass is 382 g/mol. The topological polar surface area (TPSA) is 0 Å². The van der Waals surface area contributed by atoms with Gasteiger partial charge in [0.15, 0.2) is 0 Å². The van der Waals surface area contributed by atoms with Crippen molar-refractivity contribution in [2.45, 2.75) is 131 Å². The molecule has 3 atom stereocenters. The van der Waals surface area contributed by atoms with Gasteiger partial charge in [0.05, 0.1) is 0 Å². The zero-order valence-corrected chi connectivity index (χ0v) is 22.6. The van der Waals surface area contributed by atoms with Gasteiger partial charge in [0.25, 0.3) is 0 Å². The van der Waals surface area contributed by atoms with E-state index in [0.29, 0.717) is 11.3 Å². The minimum Gasteiger partial charge on any atom is -0.0683 e. The zero-order chi connectivity index (χ0) is 22.6. The Morgan fingerprint density at radius 3 is 1.26 bits per heavy atom. The fourth-order valence-corrected chi connectivity index (χ4v) is 4.97. The summed E-state index contributed by atoms with van der Waals surface area (Å²) >= 11 is 0. The molecule has 0 bridgehead atoms. The molecule has 0 saturated carbocycles. The molecule has 0 aliphatic rings. The molecular weight excluding hydrogens is 324 g/mol. The Morgan fingerprint density at radius 1 is 0.593 bits per heavy atom. The van der Waals surface area contributed by atoms with Crippen LogP contribution in [0.4, 0.5) is 0 Å². The van der Waals surface area contributed by atoms with E-state index in [0.717, 1.165) is 11.8 Å². The van der Waals surface area contributed by atoms with Crippen LogP contribution in [-0.2, 0) is 0 Å². The average molecular weight is 383 g/mol. The van der Waals surface area contributed by atoms with E-state index in [9.17, 15) is 0 Å². The Morgan fingerprint density at radius 2 is 0.963 bits per heavy atom. The summed E-state index contributed by atoms with van der Waals surface area (Å²) in [5, 5.41) is 0. The van der Waals surface area contributed by atoms with Crippen LogP contribution >= 0.6 is 0 Å². The Hall–Kier alpha value is 0. The van der Waals surface area contributed by atoms with Gasteiger partial charge in [-0.3, -0.25) is 0 Å². The fraction of sp³-hybridized carbons (Fsp3) is 1.00. The second-order valence-electron chi connectivity index (χ2n) is 11.9. The second-order valence-corrected chi connectivity index (χ2v) is 11.9. The van der Waals surface area contributed by atoms with Crippen LogP contribution in [0.15, 0.2) is 0 Å². The van der Waals surface area contributed by atoms with Crippen LogP contribution in [0.25, 0.3) is 0 Å². The number of hydrogen-bond acceptors (Lipinski definition) is 0. The van der Waals surface area contributed by atoms with Gasteiger partial charge in [-0.1, -0.05) is 131 Å². The van der Waals surface area contributed by atoms with Crippen LogP contribution < -0.4 is 0 Å². The van der Waals surface area contributed by atoms with Gasteiger partial charge in [-0.25, -0.2) is 0 Å². The lowest BCUT2D eigenvalue weighted by Gasteiger charge is -2.65. The highest BCUT2D eigenvalue weighted by atomic mass is 14.6. The minimum atomic E-state index is 0.215. The van der Waals surface area contributed by atoms with Crippen molar-refractivity contribution in [2.24, 2.45) is 44.8 Å². The molecular formula is C27H58. The first kappa shape index (κ1) is 29.2. The summed E-state index contributed by atoms with van der Waals surface area (Å²) in [7, 11) is 0. The molecule has 27 heavy (non-hydrogen) atoms. The van der Waals surface area contributed by atoms with Crippen molar-refractivity contribution < 1.29 is 0 Å².